The van der Waals surface area contributed by atoms with Crippen LogP contribution in [0.2, 0.25) is 0 Å². The normalized spacial score (nSPS) is 24.4. The highest BCUT2D eigenvalue weighted by Gasteiger charge is 2.31. The van der Waals surface area contributed by atoms with Crippen LogP contribution in [-0.4, -0.2) is 45.9 Å². The number of piperidine rings is 1. The van der Waals surface area contributed by atoms with E-state index in [4.69, 9.17) is 0 Å². The maximum atomic E-state index is 12.1. The Hall–Kier alpha value is -0.170. The number of rotatable bonds is 6. The van der Waals surface area contributed by atoms with Gasteiger partial charge in [-0.3, -0.25) is 0 Å². The van der Waals surface area contributed by atoms with E-state index in [1.807, 2.05) is 0 Å². The average molecular weight is 275 g/mol. The van der Waals surface area contributed by atoms with Crippen molar-refractivity contribution in [1.82, 2.24) is 14.3 Å². The van der Waals surface area contributed by atoms with Gasteiger partial charge in [-0.15, -0.1) is 0 Å². The van der Waals surface area contributed by atoms with E-state index in [1.54, 1.807) is 7.05 Å². The van der Waals surface area contributed by atoms with E-state index in [0.717, 1.165) is 25.9 Å². The van der Waals surface area contributed by atoms with E-state index < -0.39 is 10.2 Å². The summed E-state index contributed by atoms with van der Waals surface area (Å²) in [6, 6.07) is 0. The van der Waals surface area contributed by atoms with Gasteiger partial charge in [0.15, 0.2) is 0 Å². The van der Waals surface area contributed by atoms with Crippen molar-refractivity contribution in [3.8, 4) is 0 Å². The second kappa shape index (κ2) is 5.45. The predicted molar refractivity (Wildman–Crippen MR) is 72.5 cm³/mol. The molecule has 0 spiro atoms. The van der Waals surface area contributed by atoms with Gasteiger partial charge in [0.05, 0.1) is 0 Å². The van der Waals surface area contributed by atoms with E-state index in [2.05, 4.69) is 17.0 Å². The van der Waals surface area contributed by atoms with Gasteiger partial charge >= 0.3 is 0 Å². The third-order valence-electron chi connectivity index (χ3n) is 4.11. The molecule has 0 radical (unpaired) electrons. The summed E-state index contributed by atoms with van der Waals surface area (Å²) in [6.45, 7) is 5.34. The number of hydrogen-bond donors (Lipinski definition) is 2. The average Bonchev–Trinajstić information content (AvgIpc) is 3.12. The molecule has 0 aromatic heterocycles. The lowest BCUT2D eigenvalue weighted by Gasteiger charge is -2.34. The molecular weight excluding hydrogens is 250 g/mol. The molecule has 6 heteroatoms. The predicted octanol–water partition coefficient (Wildman–Crippen LogP) is 0.552. The first kappa shape index (κ1) is 14.2. The second-order valence-corrected chi connectivity index (χ2v) is 7.97. The summed E-state index contributed by atoms with van der Waals surface area (Å²) in [6.07, 6.45) is 4.40. The fourth-order valence-corrected chi connectivity index (χ4v) is 3.50. The van der Waals surface area contributed by atoms with Crippen molar-refractivity contribution in [3.63, 3.8) is 0 Å². The van der Waals surface area contributed by atoms with Crippen LogP contribution < -0.4 is 10.0 Å². The minimum atomic E-state index is -3.29. The quantitative estimate of drug-likeness (QED) is 0.744. The summed E-state index contributed by atoms with van der Waals surface area (Å²) < 4.78 is 28.4. The summed E-state index contributed by atoms with van der Waals surface area (Å²) in [4.78, 5) is 0. The molecular formula is C12H25N3O2S. The molecule has 2 N–H and O–H groups in total. The molecule has 0 aromatic rings. The van der Waals surface area contributed by atoms with Crippen LogP contribution in [0.15, 0.2) is 0 Å². The molecule has 0 unspecified atom stereocenters. The summed E-state index contributed by atoms with van der Waals surface area (Å²) in [5.41, 5.74) is 0.0960. The third-order valence-corrected chi connectivity index (χ3v) is 5.59. The largest absolute Gasteiger partial charge is 0.317 e. The summed E-state index contributed by atoms with van der Waals surface area (Å²) in [5, 5.41) is 3.31. The maximum absolute atomic E-state index is 12.1. The smallest absolute Gasteiger partial charge is 0.279 e. The molecule has 1 aliphatic carbocycles. The zero-order valence-corrected chi connectivity index (χ0v) is 12.2. The minimum Gasteiger partial charge on any atom is -0.317 e. The second-order valence-electron chi connectivity index (χ2n) is 6.11. The molecule has 0 amide bonds. The molecule has 5 nitrogen and oxygen atoms in total. The SMILES string of the molecule is CN(CC1CC1)S(=O)(=O)NCC1(C)CCNCC1. The van der Waals surface area contributed by atoms with Crippen molar-refractivity contribution in [2.75, 3.05) is 33.2 Å². The standard InChI is InChI=1S/C12H25N3O2S/c1-12(5-7-13-8-6-12)10-14-18(16,17)15(2)9-11-3-4-11/h11,13-14H,3-10H2,1-2H3. The zero-order chi connectivity index (χ0) is 13.2. The van der Waals surface area contributed by atoms with E-state index in [9.17, 15) is 8.42 Å². The Morgan fingerprint density at radius 2 is 1.94 bits per heavy atom. The molecule has 18 heavy (non-hydrogen) atoms. The van der Waals surface area contributed by atoms with Gasteiger partial charge < -0.3 is 5.32 Å². The van der Waals surface area contributed by atoms with Gasteiger partial charge in [0, 0.05) is 20.1 Å². The van der Waals surface area contributed by atoms with E-state index in [1.165, 1.54) is 17.1 Å². The number of hydrogen-bond acceptors (Lipinski definition) is 3. The van der Waals surface area contributed by atoms with Crippen molar-refractivity contribution in [2.45, 2.75) is 32.6 Å². The van der Waals surface area contributed by atoms with Crippen LogP contribution in [0, 0.1) is 11.3 Å². The highest BCUT2D eigenvalue weighted by Crippen LogP contribution is 2.30. The first-order valence-electron chi connectivity index (χ1n) is 6.83. The molecule has 1 saturated heterocycles. The van der Waals surface area contributed by atoms with Crippen LogP contribution in [0.25, 0.3) is 0 Å². The topological polar surface area (TPSA) is 61.4 Å². The monoisotopic (exact) mass is 275 g/mol. The Labute approximate surface area is 110 Å². The van der Waals surface area contributed by atoms with Crippen LogP contribution in [0.5, 0.6) is 0 Å². The first-order valence-corrected chi connectivity index (χ1v) is 8.27. The van der Waals surface area contributed by atoms with Crippen molar-refractivity contribution < 1.29 is 8.42 Å². The molecule has 1 aliphatic heterocycles. The van der Waals surface area contributed by atoms with Crippen LogP contribution in [0.4, 0.5) is 0 Å². The van der Waals surface area contributed by atoms with Crippen molar-refractivity contribution in [3.05, 3.63) is 0 Å². The molecule has 2 rings (SSSR count). The minimum absolute atomic E-state index is 0.0960. The van der Waals surface area contributed by atoms with Crippen LogP contribution in [0.3, 0.4) is 0 Å². The molecule has 1 heterocycles. The maximum Gasteiger partial charge on any atom is 0.279 e. The first-order chi connectivity index (χ1) is 8.41. The lowest BCUT2D eigenvalue weighted by Crippen LogP contribution is -2.46. The Bertz CT molecular complexity index is 373. The lowest BCUT2D eigenvalue weighted by atomic mass is 9.81. The highest BCUT2D eigenvalue weighted by atomic mass is 32.2. The van der Waals surface area contributed by atoms with Crippen molar-refractivity contribution >= 4 is 10.2 Å². The number of nitrogens with zero attached hydrogens (tertiary/aromatic N) is 1. The highest BCUT2D eigenvalue weighted by molar-refractivity contribution is 7.87. The van der Waals surface area contributed by atoms with Gasteiger partial charge in [0.2, 0.25) is 0 Å². The Balaban J connectivity index is 1.83. The van der Waals surface area contributed by atoms with Crippen molar-refractivity contribution in [1.29, 1.82) is 0 Å². The fourth-order valence-electron chi connectivity index (χ4n) is 2.34. The van der Waals surface area contributed by atoms with Gasteiger partial charge in [-0.25, -0.2) is 4.72 Å². The molecule has 2 aliphatic rings. The summed E-state index contributed by atoms with van der Waals surface area (Å²) >= 11 is 0. The Kier molecular flexibility index (Phi) is 4.31. The van der Waals surface area contributed by atoms with Crippen LogP contribution >= 0.6 is 0 Å². The third kappa shape index (κ3) is 3.91. The van der Waals surface area contributed by atoms with E-state index in [-0.39, 0.29) is 5.41 Å². The molecule has 0 bridgehead atoms. The van der Waals surface area contributed by atoms with Gasteiger partial charge in [0.1, 0.15) is 0 Å². The van der Waals surface area contributed by atoms with Gasteiger partial charge in [-0.05, 0) is 50.1 Å². The lowest BCUT2D eigenvalue weighted by molar-refractivity contribution is 0.230. The zero-order valence-electron chi connectivity index (χ0n) is 11.4. The summed E-state index contributed by atoms with van der Waals surface area (Å²) in [5.74, 6) is 0.584. The summed E-state index contributed by atoms with van der Waals surface area (Å²) in [7, 11) is -1.62. The van der Waals surface area contributed by atoms with Crippen LogP contribution in [0.1, 0.15) is 32.6 Å². The molecule has 1 saturated carbocycles. The Morgan fingerprint density at radius 3 is 2.50 bits per heavy atom. The molecule has 2 fully saturated rings. The van der Waals surface area contributed by atoms with E-state index in [0.29, 0.717) is 19.0 Å². The molecule has 0 atom stereocenters. The van der Waals surface area contributed by atoms with Crippen LogP contribution in [-0.2, 0) is 10.2 Å². The fraction of sp³-hybridized carbons (Fsp3) is 1.00. The van der Waals surface area contributed by atoms with Crippen molar-refractivity contribution in [2.24, 2.45) is 11.3 Å². The van der Waals surface area contributed by atoms with E-state index >= 15 is 0 Å². The molecule has 0 aromatic carbocycles. The van der Waals surface area contributed by atoms with Gasteiger partial charge in [0.25, 0.3) is 10.2 Å². The molecule has 106 valence electrons. The number of nitrogens with one attached hydrogen (secondary N) is 2. The Morgan fingerprint density at radius 1 is 1.33 bits per heavy atom. The van der Waals surface area contributed by atoms with Gasteiger partial charge in [-0.1, -0.05) is 6.92 Å². The van der Waals surface area contributed by atoms with Gasteiger partial charge in [-0.2, -0.15) is 12.7 Å².